The molecule has 98 valence electrons. The Hall–Kier alpha value is -0.280. The van der Waals surface area contributed by atoms with Gasteiger partial charge in [-0.25, -0.2) is 0 Å². The van der Waals surface area contributed by atoms with Gasteiger partial charge in [-0.1, -0.05) is 29.3 Å². The van der Waals surface area contributed by atoms with Crippen LogP contribution in [0.25, 0.3) is 0 Å². The van der Waals surface area contributed by atoms with Gasteiger partial charge < -0.3 is 10.2 Å². The molecule has 0 spiro atoms. The SMILES string of the molecule is Clc1ccc(CNC2CN3CCC2CC3)c(Cl)c1. The maximum absolute atomic E-state index is 6.19. The summed E-state index contributed by atoms with van der Waals surface area (Å²) >= 11 is 12.1. The first kappa shape index (κ1) is 12.7. The lowest BCUT2D eigenvalue weighted by molar-refractivity contribution is 0.0720. The number of hydrogen-bond acceptors (Lipinski definition) is 2. The van der Waals surface area contributed by atoms with E-state index >= 15 is 0 Å². The summed E-state index contributed by atoms with van der Waals surface area (Å²) in [5.41, 5.74) is 1.14. The summed E-state index contributed by atoms with van der Waals surface area (Å²) in [6.45, 7) is 4.59. The zero-order valence-electron chi connectivity index (χ0n) is 10.3. The first-order valence-electron chi connectivity index (χ1n) is 6.62. The Morgan fingerprint density at radius 2 is 2.00 bits per heavy atom. The first-order valence-corrected chi connectivity index (χ1v) is 7.37. The maximum atomic E-state index is 6.19. The van der Waals surface area contributed by atoms with Crippen LogP contribution >= 0.6 is 23.2 Å². The Bertz CT molecular complexity index is 428. The van der Waals surface area contributed by atoms with Gasteiger partial charge in [0, 0.05) is 29.2 Å². The smallest absolute Gasteiger partial charge is 0.0465 e. The van der Waals surface area contributed by atoms with Gasteiger partial charge in [0.25, 0.3) is 0 Å². The van der Waals surface area contributed by atoms with E-state index in [4.69, 9.17) is 23.2 Å². The lowest BCUT2D eigenvalue weighted by Crippen LogP contribution is -2.55. The van der Waals surface area contributed by atoms with Crippen molar-refractivity contribution >= 4 is 23.2 Å². The van der Waals surface area contributed by atoms with E-state index in [0.29, 0.717) is 11.1 Å². The highest BCUT2D eigenvalue weighted by Crippen LogP contribution is 2.28. The van der Waals surface area contributed by atoms with Crippen molar-refractivity contribution in [2.75, 3.05) is 19.6 Å². The molecule has 0 saturated carbocycles. The van der Waals surface area contributed by atoms with Gasteiger partial charge in [0.2, 0.25) is 0 Å². The van der Waals surface area contributed by atoms with Gasteiger partial charge in [-0.15, -0.1) is 0 Å². The second kappa shape index (κ2) is 5.38. The molecule has 4 rings (SSSR count). The van der Waals surface area contributed by atoms with Crippen LogP contribution in [0.3, 0.4) is 0 Å². The molecule has 3 aliphatic rings. The highest BCUT2D eigenvalue weighted by Gasteiger charge is 2.33. The molecule has 18 heavy (non-hydrogen) atoms. The average Bonchev–Trinajstić information content (AvgIpc) is 2.39. The molecule has 0 aliphatic carbocycles. The van der Waals surface area contributed by atoms with Crippen LogP contribution in [0.5, 0.6) is 0 Å². The fourth-order valence-corrected chi connectivity index (χ4v) is 3.58. The number of rotatable bonds is 3. The van der Waals surface area contributed by atoms with E-state index in [1.807, 2.05) is 18.2 Å². The number of nitrogens with zero attached hydrogens (tertiary/aromatic N) is 1. The standard InChI is InChI=1S/C14H18Cl2N2/c15-12-2-1-11(13(16)7-12)8-17-14-9-18-5-3-10(14)4-6-18/h1-2,7,10,14,17H,3-6,8-9H2. The van der Waals surface area contributed by atoms with E-state index in [2.05, 4.69) is 10.2 Å². The minimum atomic E-state index is 0.624. The molecule has 1 atom stereocenters. The van der Waals surface area contributed by atoms with Crippen LogP contribution in [0, 0.1) is 5.92 Å². The summed E-state index contributed by atoms with van der Waals surface area (Å²) in [6.07, 6.45) is 2.68. The summed E-state index contributed by atoms with van der Waals surface area (Å²) in [4.78, 5) is 2.56. The van der Waals surface area contributed by atoms with E-state index in [9.17, 15) is 0 Å². The van der Waals surface area contributed by atoms with Crippen molar-refractivity contribution in [1.29, 1.82) is 0 Å². The van der Waals surface area contributed by atoms with Crippen LogP contribution in [0.4, 0.5) is 0 Å². The van der Waals surface area contributed by atoms with E-state index in [0.717, 1.165) is 23.0 Å². The third kappa shape index (κ3) is 2.67. The molecule has 0 radical (unpaired) electrons. The lowest BCUT2D eigenvalue weighted by Gasteiger charge is -2.45. The molecule has 2 bridgehead atoms. The molecule has 3 saturated heterocycles. The molecule has 3 heterocycles. The summed E-state index contributed by atoms with van der Waals surface area (Å²) in [5, 5.41) is 5.12. The zero-order chi connectivity index (χ0) is 12.5. The molecule has 4 heteroatoms. The molecule has 1 N–H and O–H groups in total. The van der Waals surface area contributed by atoms with E-state index in [1.54, 1.807) is 0 Å². The fourth-order valence-electron chi connectivity index (χ4n) is 3.10. The van der Waals surface area contributed by atoms with Gasteiger partial charge in [-0.2, -0.15) is 0 Å². The highest BCUT2D eigenvalue weighted by atomic mass is 35.5. The van der Waals surface area contributed by atoms with Crippen molar-refractivity contribution < 1.29 is 0 Å². The molecule has 3 fully saturated rings. The summed E-state index contributed by atoms with van der Waals surface area (Å²) in [7, 11) is 0. The van der Waals surface area contributed by atoms with E-state index in [1.165, 1.54) is 32.5 Å². The number of hydrogen-bond donors (Lipinski definition) is 1. The van der Waals surface area contributed by atoms with Gasteiger partial charge in [-0.05, 0) is 49.5 Å². The van der Waals surface area contributed by atoms with Gasteiger partial charge in [0.15, 0.2) is 0 Å². The van der Waals surface area contributed by atoms with Crippen molar-refractivity contribution in [2.24, 2.45) is 5.92 Å². The van der Waals surface area contributed by atoms with Crippen LogP contribution in [0.15, 0.2) is 18.2 Å². The highest BCUT2D eigenvalue weighted by molar-refractivity contribution is 6.35. The third-order valence-corrected chi connectivity index (χ3v) is 4.81. The first-order chi connectivity index (χ1) is 8.72. The summed E-state index contributed by atoms with van der Waals surface area (Å²) < 4.78 is 0. The van der Waals surface area contributed by atoms with Gasteiger partial charge in [0.05, 0.1) is 0 Å². The van der Waals surface area contributed by atoms with Gasteiger partial charge in [0.1, 0.15) is 0 Å². The number of fused-ring (bicyclic) bond motifs is 3. The number of halogens is 2. The molecular weight excluding hydrogens is 267 g/mol. The van der Waals surface area contributed by atoms with Crippen LogP contribution in [0.2, 0.25) is 10.0 Å². The van der Waals surface area contributed by atoms with Crippen LogP contribution in [-0.2, 0) is 6.54 Å². The quantitative estimate of drug-likeness (QED) is 0.917. The minimum Gasteiger partial charge on any atom is -0.308 e. The molecule has 2 nitrogen and oxygen atoms in total. The Balaban J connectivity index is 1.61. The maximum Gasteiger partial charge on any atom is 0.0465 e. The van der Waals surface area contributed by atoms with Gasteiger partial charge >= 0.3 is 0 Å². The number of benzene rings is 1. The Morgan fingerprint density at radius 1 is 1.22 bits per heavy atom. The molecule has 3 aliphatic heterocycles. The molecule has 0 amide bonds. The van der Waals surface area contributed by atoms with Crippen LogP contribution in [0.1, 0.15) is 18.4 Å². The van der Waals surface area contributed by atoms with Crippen molar-refractivity contribution in [3.8, 4) is 0 Å². The summed E-state index contributed by atoms with van der Waals surface area (Å²) in [5.74, 6) is 0.848. The van der Waals surface area contributed by atoms with E-state index < -0.39 is 0 Å². The van der Waals surface area contributed by atoms with Crippen LogP contribution in [-0.4, -0.2) is 30.6 Å². The van der Waals surface area contributed by atoms with Crippen molar-refractivity contribution in [3.05, 3.63) is 33.8 Å². The minimum absolute atomic E-state index is 0.624. The lowest BCUT2D eigenvalue weighted by atomic mass is 9.84. The van der Waals surface area contributed by atoms with Crippen molar-refractivity contribution in [3.63, 3.8) is 0 Å². The van der Waals surface area contributed by atoms with Crippen molar-refractivity contribution in [2.45, 2.75) is 25.4 Å². The molecule has 1 unspecified atom stereocenters. The molecular formula is C14H18Cl2N2. The van der Waals surface area contributed by atoms with Crippen molar-refractivity contribution in [1.82, 2.24) is 10.2 Å². The Kier molecular flexibility index (Phi) is 3.81. The predicted molar refractivity (Wildman–Crippen MR) is 76.3 cm³/mol. The molecule has 1 aromatic rings. The molecule has 1 aromatic carbocycles. The molecule has 0 aromatic heterocycles. The predicted octanol–water partition coefficient (Wildman–Crippen LogP) is 3.18. The topological polar surface area (TPSA) is 15.3 Å². The Labute approximate surface area is 118 Å². The van der Waals surface area contributed by atoms with Gasteiger partial charge in [-0.3, -0.25) is 0 Å². The second-order valence-electron chi connectivity index (χ2n) is 5.36. The fraction of sp³-hybridized carbons (Fsp3) is 0.571. The summed E-state index contributed by atoms with van der Waals surface area (Å²) in [6, 6.07) is 6.36. The Morgan fingerprint density at radius 3 is 2.61 bits per heavy atom. The largest absolute Gasteiger partial charge is 0.308 e. The zero-order valence-corrected chi connectivity index (χ0v) is 11.8. The van der Waals surface area contributed by atoms with E-state index in [-0.39, 0.29) is 0 Å². The normalized spacial score (nSPS) is 30.7. The number of piperidine rings is 3. The number of nitrogens with one attached hydrogen (secondary N) is 1. The third-order valence-electron chi connectivity index (χ3n) is 4.23. The average molecular weight is 285 g/mol. The second-order valence-corrected chi connectivity index (χ2v) is 6.20. The monoisotopic (exact) mass is 284 g/mol. The van der Waals surface area contributed by atoms with Crippen LogP contribution < -0.4 is 5.32 Å².